The van der Waals surface area contributed by atoms with Gasteiger partial charge in [0.15, 0.2) is 0 Å². The van der Waals surface area contributed by atoms with Crippen LogP contribution in [-0.4, -0.2) is 57.4 Å². The van der Waals surface area contributed by atoms with Crippen LogP contribution < -0.4 is 0 Å². The van der Waals surface area contributed by atoms with Crippen molar-refractivity contribution in [3.63, 3.8) is 0 Å². The molecule has 2 amide bonds. The largest absolute Gasteiger partial charge is 0.339 e. The lowest BCUT2D eigenvalue weighted by Gasteiger charge is -2.34. The summed E-state index contributed by atoms with van der Waals surface area (Å²) in [5.41, 5.74) is 1.80. The molecule has 0 N–H and O–H groups in total. The summed E-state index contributed by atoms with van der Waals surface area (Å²) in [7, 11) is 0. The molecule has 6 nitrogen and oxygen atoms in total. The molecule has 2 aromatic rings. The van der Waals surface area contributed by atoms with Crippen LogP contribution in [0.1, 0.15) is 46.6 Å². The topological polar surface area (TPSA) is 66.4 Å². The highest BCUT2D eigenvalue weighted by Crippen LogP contribution is 2.48. The quantitative estimate of drug-likeness (QED) is 0.771. The van der Waals surface area contributed by atoms with Crippen molar-refractivity contribution in [1.29, 1.82) is 0 Å². The number of nitrogens with zero attached hydrogens (tertiary/aromatic N) is 4. The second-order valence-electron chi connectivity index (χ2n) is 7.42. The van der Waals surface area contributed by atoms with Crippen LogP contribution in [0.15, 0.2) is 24.3 Å². The van der Waals surface area contributed by atoms with Gasteiger partial charge in [-0.05, 0) is 48.0 Å². The molecule has 2 unspecified atom stereocenters. The van der Waals surface area contributed by atoms with E-state index in [9.17, 15) is 14.0 Å². The van der Waals surface area contributed by atoms with E-state index < -0.39 is 0 Å². The molecule has 1 aromatic heterocycles. The van der Waals surface area contributed by atoms with Crippen LogP contribution in [0.5, 0.6) is 0 Å². The van der Waals surface area contributed by atoms with Crippen molar-refractivity contribution >= 4 is 23.3 Å². The third kappa shape index (κ3) is 3.78. The number of rotatable bonds is 5. The molecule has 148 valence electrons. The van der Waals surface area contributed by atoms with E-state index in [0.717, 1.165) is 42.1 Å². The Morgan fingerprint density at radius 2 is 1.82 bits per heavy atom. The zero-order valence-corrected chi connectivity index (χ0v) is 16.6. The van der Waals surface area contributed by atoms with E-state index in [4.69, 9.17) is 0 Å². The molecule has 2 aliphatic rings. The van der Waals surface area contributed by atoms with Crippen LogP contribution in [0.2, 0.25) is 0 Å². The van der Waals surface area contributed by atoms with Crippen LogP contribution in [0.4, 0.5) is 4.39 Å². The maximum Gasteiger partial charge on any atom is 0.267 e. The van der Waals surface area contributed by atoms with Gasteiger partial charge in [0.2, 0.25) is 5.91 Å². The average molecular weight is 402 g/mol. The van der Waals surface area contributed by atoms with Crippen molar-refractivity contribution in [3.8, 4) is 0 Å². The Morgan fingerprint density at radius 3 is 2.50 bits per heavy atom. The van der Waals surface area contributed by atoms with Crippen molar-refractivity contribution in [2.24, 2.45) is 5.92 Å². The van der Waals surface area contributed by atoms with Crippen LogP contribution in [-0.2, 0) is 11.2 Å². The Hall–Kier alpha value is -2.35. The van der Waals surface area contributed by atoms with Gasteiger partial charge in [-0.1, -0.05) is 30.0 Å². The van der Waals surface area contributed by atoms with Crippen LogP contribution in [0, 0.1) is 11.7 Å². The lowest BCUT2D eigenvalue weighted by molar-refractivity contribution is -0.134. The number of hydrogen-bond acceptors (Lipinski definition) is 5. The number of halogens is 1. The lowest BCUT2D eigenvalue weighted by Crippen LogP contribution is -2.51. The number of amides is 2. The molecule has 0 radical (unpaired) electrons. The van der Waals surface area contributed by atoms with Gasteiger partial charge >= 0.3 is 0 Å². The molecule has 2 atom stereocenters. The van der Waals surface area contributed by atoms with Crippen molar-refractivity contribution < 1.29 is 14.0 Å². The Bertz CT molecular complexity index is 861. The summed E-state index contributed by atoms with van der Waals surface area (Å²) >= 11 is 1.15. The van der Waals surface area contributed by atoms with Crippen LogP contribution >= 0.6 is 11.5 Å². The minimum absolute atomic E-state index is 0.0189. The Kier molecular flexibility index (Phi) is 5.39. The van der Waals surface area contributed by atoms with Gasteiger partial charge in [0.05, 0.1) is 5.69 Å². The van der Waals surface area contributed by atoms with Crippen molar-refractivity contribution in [2.45, 2.75) is 32.1 Å². The summed E-state index contributed by atoms with van der Waals surface area (Å²) in [6.45, 7) is 4.21. The van der Waals surface area contributed by atoms with Gasteiger partial charge in [-0.3, -0.25) is 9.59 Å². The van der Waals surface area contributed by atoms with Gasteiger partial charge in [0.1, 0.15) is 10.7 Å². The second-order valence-corrected chi connectivity index (χ2v) is 8.17. The third-order valence-corrected chi connectivity index (χ3v) is 6.28. The first-order valence-corrected chi connectivity index (χ1v) is 10.5. The smallest absolute Gasteiger partial charge is 0.267 e. The minimum Gasteiger partial charge on any atom is -0.339 e. The standard InChI is InChI=1S/C20H23FN4O2S/c1-2-3-17-18(28-23-22-17)20(27)25-10-8-24(9-11-25)19(26)16-12-15(16)13-4-6-14(21)7-5-13/h4-7,15-16H,2-3,8-12H2,1H3. The molecular weight excluding hydrogens is 379 g/mol. The summed E-state index contributed by atoms with van der Waals surface area (Å²) in [6.07, 6.45) is 2.49. The van der Waals surface area contributed by atoms with Crippen molar-refractivity contribution in [2.75, 3.05) is 26.2 Å². The second kappa shape index (κ2) is 7.95. The third-order valence-electron chi connectivity index (χ3n) is 5.52. The molecule has 2 heterocycles. The van der Waals surface area contributed by atoms with Crippen molar-refractivity contribution in [1.82, 2.24) is 19.4 Å². The first kappa shape index (κ1) is 19.0. The van der Waals surface area contributed by atoms with E-state index in [-0.39, 0.29) is 29.5 Å². The Labute approximate surface area is 167 Å². The molecule has 2 fully saturated rings. The number of carbonyl (C=O) groups excluding carboxylic acids is 2. The number of benzene rings is 1. The van der Waals surface area contributed by atoms with Crippen LogP contribution in [0.25, 0.3) is 0 Å². The summed E-state index contributed by atoms with van der Waals surface area (Å²) in [5.74, 6) is 0.0298. The maximum atomic E-state index is 13.1. The van der Waals surface area contributed by atoms with E-state index in [1.165, 1.54) is 12.1 Å². The predicted octanol–water partition coefficient (Wildman–Crippen LogP) is 2.72. The number of aromatic nitrogens is 2. The van der Waals surface area contributed by atoms with Gasteiger partial charge in [-0.2, -0.15) is 0 Å². The van der Waals surface area contributed by atoms with Gasteiger partial charge in [0, 0.05) is 32.1 Å². The Balaban J connectivity index is 1.32. The Morgan fingerprint density at radius 1 is 1.14 bits per heavy atom. The van der Waals surface area contributed by atoms with E-state index >= 15 is 0 Å². The zero-order valence-electron chi connectivity index (χ0n) is 15.8. The van der Waals surface area contributed by atoms with Gasteiger partial charge in [-0.15, -0.1) is 5.10 Å². The highest BCUT2D eigenvalue weighted by Gasteiger charge is 2.46. The normalized spacial score (nSPS) is 21.6. The molecule has 1 saturated carbocycles. The monoisotopic (exact) mass is 402 g/mol. The minimum atomic E-state index is -0.258. The lowest BCUT2D eigenvalue weighted by atomic mass is 10.1. The van der Waals surface area contributed by atoms with Crippen molar-refractivity contribution in [3.05, 3.63) is 46.2 Å². The molecule has 28 heavy (non-hydrogen) atoms. The molecule has 0 bridgehead atoms. The van der Waals surface area contributed by atoms with E-state index in [2.05, 4.69) is 16.5 Å². The number of piperazine rings is 1. The fraction of sp³-hybridized carbons (Fsp3) is 0.500. The SMILES string of the molecule is CCCc1nnsc1C(=O)N1CCN(C(=O)C2CC2c2ccc(F)cc2)CC1. The van der Waals surface area contributed by atoms with Gasteiger partial charge in [0.25, 0.3) is 5.91 Å². The predicted molar refractivity (Wildman–Crippen MR) is 104 cm³/mol. The fourth-order valence-electron chi connectivity index (χ4n) is 3.83. The number of hydrogen-bond donors (Lipinski definition) is 0. The maximum absolute atomic E-state index is 13.1. The molecule has 8 heteroatoms. The van der Waals surface area contributed by atoms with E-state index in [1.807, 2.05) is 4.90 Å². The number of aryl methyl sites for hydroxylation is 1. The average Bonchev–Trinajstić information content (AvgIpc) is 3.38. The fourth-order valence-corrected chi connectivity index (χ4v) is 4.50. The summed E-state index contributed by atoms with van der Waals surface area (Å²) in [4.78, 5) is 29.8. The highest BCUT2D eigenvalue weighted by atomic mass is 32.1. The molecule has 1 aliphatic carbocycles. The van der Waals surface area contributed by atoms with Crippen LogP contribution in [0.3, 0.4) is 0 Å². The summed E-state index contributed by atoms with van der Waals surface area (Å²) < 4.78 is 17.0. The highest BCUT2D eigenvalue weighted by molar-refractivity contribution is 7.08. The molecular formula is C20H23FN4O2S. The number of carbonyl (C=O) groups is 2. The first-order valence-electron chi connectivity index (χ1n) is 9.73. The molecule has 0 spiro atoms. The molecule has 4 rings (SSSR count). The van der Waals surface area contributed by atoms with Gasteiger partial charge in [-0.25, -0.2) is 4.39 Å². The summed E-state index contributed by atoms with van der Waals surface area (Å²) in [6, 6.07) is 6.42. The first-order chi connectivity index (χ1) is 13.6. The zero-order chi connectivity index (χ0) is 19.7. The molecule has 1 aromatic carbocycles. The molecule has 1 saturated heterocycles. The van der Waals surface area contributed by atoms with E-state index in [0.29, 0.717) is 31.1 Å². The van der Waals surface area contributed by atoms with E-state index in [1.54, 1.807) is 17.0 Å². The summed E-state index contributed by atoms with van der Waals surface area (Å²) in [5, 5.41) is 4.07. The van der Waals surface area contributed by atoms with Gasteiger partial charge < -0.3 is 9.80 Å². The molecule has 1 aliphatic heterocycles.